The molecule has 0 atom stereocenters. The topological polar surface area (TPSA) is 63.2 Å². The Balaban J connectivity index is 1.54. The van der Waals surface area contributed by atoms with Crippen molar-refractivity contribution in [2.24, 2.45) is 0 Å². The Hall–Kier alpha value is -3.34. The number of hydrogen-bond donors (Lipinski definition) is 2. The molecule has 5 nitrogen and oxygen atoms in total. The summed E-state index contributed by atoms with van der Waals surface area (Å²) in [4.78, 5) is 16.8. The lowest BCUT2D eigenvalue weighted by Crippen LogP contribution is -2.26. The highest BCUT2D eigenvalue weighted by Gasteiger charge is 2.08. The minimum atomic E-state index is -0.115. The Kier molecular flexibility index (Phi) is 6.63. The second-order valence-electron chi connectivity index (χ2n) is 6.59. The number of methoxy groups -OCH3 is 1. The van der Waals surface area contributed by atoms with Crippen LogP contribution in [-0.2, 0) is 13.0 Å². The van der Waals surface area contributed by atoms with Gasteiger partial charge in [0.05, 0.1) is 7.11 Å². The summed E-state index contributed by atoms with van der Waals surface area (Å²) < 4.78 is 5.34. The van der Waals surface area contributed by atoms with Crippen LogP contribution in [-0.4, -0.2) is 24.5 Å². The van der Waals surface area contributed by atoms with Gasteiger partial charge in [0.2, 0.25) is 0 Å². The number of ether oxygens (including phenoxy) is 1. The summed E-state index contributed by atoms with van der Waals surface area (Å²) in [5.41, 5.74) is 4.05. The van der Waals surface area contributed by atoms with Gasteiger partial charge in [0, 0.05) is 24.8 Å². The summed E-state index contributed by atoms with van der Waals surface area (Å²) in [6.07, 6.45) is 2.35. The standard InChI is InChI=1S/C23H25N3O2/c1-17-7-9-18(10-8-17)16-26-22-15-20(12-13-24-22)23(27)25-14-11-19-5-3-4-6-21(19)28-2/h3-10,12-13,15H,11,14,16H2,1-2H3,(H,24,26)(H,25,27). The molecule has 2 aromatic carbocycles. The fourth-order valence-corrected chi connectivity index (χ4v) is 2.89. The number of carbonyl (C=O) groups excluding carboxylic acids is 1. The number of amides is 1. The number of benzene rings is 2. The number of aromatic nitrogens is 1. The maximum absolute atomic E-state index is 12.5. The van der Waals surface area contributed by atoms with Gasteiger partial charge in [0.25, 0.3) is 5.91 Å². The van der Waals surface area contributed by atoms with Crippen LogP contribution in [0, 0.1) is 6.92 Å². The van der Waals surface area contributed by atoms with Crippen LogP contribution in [0.15, 0.2) is 66.9 Å². The van der Waals surface area contributed by atoms with Gasteiger partial charge >= 0.3 is 0 Å². The van der Waals surface area contributed by atoms with Crippen LogP contribution in [0.4, 0.5) is 5.82 Å². The lowest BCUT2D eigenvalue weighted by atomic mass is 10.1. The van der Waals surface area contributed by atoms with Crippen molar-refractivity contribution in [2.45, 2.75) is 19.9 Å². The van der Waals surface area contributed by atoms with Crippen LogP contribution in [0.5, 0.6) is 5.75 Å². The van der Waals surface area contributed by atoms with Crippen LogP contribution >= 0.6 is 0 Å². The molecular formula is C23H25N3O2. The van der Waals surface area contributed by atoms with Gasteiger partial charge in [0.15, 0.2) is 0 Å². The number of hydrogen-bond acceptors (Lipinski definition) is 4. The van der Waals surface area contributed by atoms with Crippen LogP contribution in [0.25, 0.3) is 0 Å². The Morgan fingerprint density at radius 2 is 1.86 bits per heavy atom. The zero-order valence-corrected chi connectivity index (χ0v) is 16.2. The molecule has 144 valence electrons. The SMILES string of the molecule is COc1ccccc1CCNC(=O)c1ccnc(NCc2ccc(C)cc2)c1. The molecule has 1 aromatic heterocycles. The van der Waals surface area contributed by atoms with E-state index < -0.39 is 0 Å². The van der Waals surface area contributed by atoms with Crippen molar-refractivity contribution in [3.05, 3.63) is 89.1 Å². The normalized spacial score (nSPS) is 10.4. The third-order valence-electron chi connectivity index (χ3n) is 4.49. The molecular weight excluding hydrogens is 350 g/mol. The number of nitrogens with zero attached hydrogens (tertiary/aromatic N) is 1. The maximum atomic E-state index is 12.5. The summed E-state index contributed by atoms with van der Waals surface area (Å²) >= 11 is 0. The molecule has 0 unspecified atom stereocenters. The van der Waals surface area contributed by atoms with Crippen LogP contribution in [0.3, 0.4) is 0 Å². The molecule has 3 rings (SSSR count). The largest absolute Gasteiger partial charge is 0.496 e. The number of pyridine rings is 1. The van der Waals surface area contributed by atoms with E-state index in [2.05, 4.69) is 46.8 Å². The molecule has 0 fully saturated rings. The summed E-state index contributed by atoms with van der Waals surface area (Å²) in [7, 11) is 1.65. The van der Waals surface area contributed by atoms with Gasteiger partial charge in [-0.25, -0.2) is 4.98 Å². The first-order valence-corrected chi connectivity index (χ1v) is 9.31. The first-order valence-electron chi connectivity index (χ1n) is 9.31. The molecule has 1 heterocycles. The van der Waals surface area contributed by atoms with E-state index in [9.17, 15) is 4.79 Å². The summed E-state index contributed by atoms with van der Waals surface area (Å²) in [6, 6.07) is 19.6. The molecule has 0 saturated heterocycles. The highest BCUT2D eigenvalue weighted by molar-refractivity contribution is 5.94. The average Bonchev–Trinajstić information content (AvgIpc) is 2.74. The Morgan fingerprint density at radius 1 is 1.07 bits per heavy atom. The van der Waals surface area contributed by atoms with Gasteiger partial charge in [-0.05, 0) is 42.7 Å². The van der Waals surface area contributed by atoms with Gasteiger partial charge in [-0.1, -0.05) is 48.0 Å². The Morgan fingerprint density at radius 3 is 2.64 bits per heavy atom. The number of rotatable bonds is 8. The van der Waals surface area contributed by atoms with Gasteiger partial charge in [-0.3, -0.25) is 4.79 Å². The summed E-state index contributed by atoms with van der Waals surface area (Å²) in [5, 5.41) is 6.22. The van der Waals surface area contributed by atoms with Crippen molar-refractivity contribution >= 4 is 11.7 Å². The third-order valence-corrected chi connectivity index (χ3v) is 4.49. The highest BCUT2D eigenvalue weighted by atomic mass is 16.5. The molecule has 1 amide bonds. The third kappa shape index (κ3) is 5.33. The van der Waals surface area contributed by atoms with Crippen LogP contribution in [0.2, 0.25) is 0 Å². The second kappa shape index (κ2) is 9.55. The maximum Gasteiger partial charge on any atom is 0.251 e. The van der Waals surface area contributed by atoms with Gasteiger partial charge in [-0.2, -0.15) is 0 Å². The minimum Gasteiger partial charge on any atom is -0.496 e. The molecule has 0 radical (unpaired) electrons. The first kappa shape index (κ1) is 19.4. The predicted octanol–water partition coefficient (Wildman–Crippen LogP) is 3.98. The lowest BCUT2D eigenvalue weighted by Gasteiger charge is -2.10. The molecule has 0 spiro atoms. The van der Waals surface area contributed by atoms with Gasteiger partial charge in [0.1, 0.15) is 11.6 Å². The second-order valence-corrected chi connectivity index (χ2v) is 6.59. The predicted molar refractivity (Wildman–Crippen MR) is 112 cm³/mol. The van der Waals surface area contributed by atoms with Crippen LogP contribution < -0.4 is 15.4 Å². The van der Waals surface area contributed by atoms with E-state index in [1.165, 1.54) is 11.1 Å². The van der Waals surface area contributed by atoms with E-state index in [1.54, 1.807) is 25.4 Å². The summed E-state index contributed by atoms with van der Waals surface area (Å²) in [5.74, 6) is 1.40. The van der Waals surface area contributed by atoms with E-state index in [0.717, 1.165) is 11.3 Å². The number of carbonyl (C=O) groups is 1. The van der Waals surface area contributed by atoms with E-state index >= 15 is 0 Å². The summed E-state index contributed by atoms with van der Waals surface area (Å²) in [6.45, 7) is 3.26. The van der Waals surface area contributed by atoms with Crippen molar-refractivity contribution in [3.8, 4) is 5.75 Å². The fourth-order valence-electron chi connectivity index (χ4n) is 2.89. The minimum absolute atomic E-state index is 0.115. The van der Waals surface area contributed by atoms with Gasteiger partial charge < -0.3 is 15.4 Å². The van der Waals surface area contributed by atoms with Crippen molar-refractivity contribution in [1.82, 2.24) is 10.3 Å². The molecule has 0 aliphatic rings. The molecule has 0 aliphatic heterocycles. The van der Waals surface area contributed by atoms with E-state index in [-0.39, 0.29) is 5.91 Å². The molecule has 28 heavy (non-hydrogen) atoms. The molecule has 0 aliphatic carbocycles. The lowest BCUT2D eigenvalue weighted by molar-refractivity contribution is 0.0954. The average molecular weight is 375 g/mol. The van der Waals surface area contributed by atoms with Crippen molar-refractivity contribution < 1.29 is 9.53 Å². The number of aryl methyl sites for hydroxylation is 1. The quantitative estimate of drug-likeness (QED) is 0.625. The molecule has 0 saturated carbocycles. The van der Waals surface area contributed by atoms with Crippen LogP contribution in [0.1, 0.15) is 27.0 Å². The molecule has 2 N–H and O–H groups in total. The number of anilines is 1. The molecule has 0 bridgehead atoms. The fraction of sp³-hybridized carbons (Fsp3) is 0.217. The first-order chi connectivity index (χ1) is 13.7. The Labute approximate surface area is 165 Å². The van der Waals surface area contributed by atoms with Crippen molar-refractivity contribution in [1.29, 1.82) is 0 Å². The van der Waals surface area contributed by atoms with Gasteiger partial charge in [-0.15, -0.1) is 0 Å². The van der Waals surface area contributed by atoms with Crippen molar-refractivity contribution in [3.63, 3.8) is 0 Å². The zero-order chi connectivity index (χ0) is 19.8. The van der Waals surface area contributed by atoms with Crippen molar-refractivity contribution in [2.75, 3.05) is 19.0 Å². The smallest absolute Gasteiger partial charge is 0.251 e. The van der Waals surface area contributed by atoms with E-state index in [0.29, 0.717) is 30.9 Å². The zero-order valence-electron chi connectivity index (χ0n) is 16.2. The Bertz CT molecular complexity index is 923. The number of para-hydroxylation sites is 1. The van der Waals surface area contributed by atoms with E-state index in [1.807, 2.05) is 24.3 Å². The molecule has 5 heteroatoms. The number of nitrogens with one attached hydrogen (secondary N) is 2. The van der Waals surface area contributed by atoms with E-state index in [4.69, 9.17) is 4.74 Å². The highest BCUT2D eigenvalue weighted by Crippen LogP contribution is 2.17. The molecule has 3 aromatic rings. The monoisotopic (exact) mass is 375 g/mol.